The van der Waals surface area contributed by atoms with Gasteiger partial charge < -0.3 is 14.4 Å². The smallest absolute Gasteiger partial charge is 0.227 e. The molecule has 0 saturated carbocycles. The molecule has 2 rings (SSSR count). The molecule has 0 saturated heterocycles. The summed E-state index contributed by atoms with van der Waals surface area (Å²) in [6, 6.07) is 8.75. The average Bonchev–Trinajstić information content (AvgIpc) is 2.94. The first-order valence-corrected chi connectivity index (χ1v) is 6.74. The molecule has 106 valence electrons. The molecule has 1 aromatic carbocycles. The van der Waals surface area contributed by atoms with Gasteiger partial charge in [0.1, 0.15) is 11.5 Å². The van der Waals surface area contributed by atoms with Gasteiger partial charge in [-0.05, 0) is 37.6 Å². The fourth-order valence-electron chi connectivity index (χ4n) is 2.19. The van der Waals surface area contributed by atoms with Crippen LogP contribution in [0.25, 0.3) is 0 Å². The molecule has 0 atom stereocenters. The lowest BCUT2D eigenvalue weighted by Crippen LogP contribution is -2.31. The van der Waals surface area contributed by atoms with E-state index in [1.165, 1.54) is 0 Å². The van der Waals surface area contributed by atoms with Gasteiger partial charge in [-0.15, -0.1) is 0 Å². The highest BCUT2D eigenvalue weighted by Gasteiger charge is 2.16. The summed E-state index contributed by atoms with van der Waals surface area (Å²) < 4.78 is 5.24. The van der Waals surface area contributed by atoms with Crippen LogP contribution in [0.5, 0.6) is 5.75 Å². The van der Waals surface area contributed by atoms with Crippen LogP contribution in [0.2, 0.25) is 0 Å². The Balaban J connectivity index is 2.10. The minimum Gasteiger partial charge on any atom is -0.508 e. The van der Waals surface area contributed by atoms with Crippen molar-refractivity contribution in [1.82, 2.24) is 0 Å². The number of amides is 1. The van der Waals surface area contributed by atoms with Crippen LogP contribution in [0.1, 0.15) is 24.7 Å². The molecule has 1 heterocycles. The number of phenolic OH excluding ortho intramolecular Hbond substituents is 1. The molecule has 1 aromatic heterocycles. The molecule has 4 nitrogen and oxygen atoms in total. The summed E-state index contributed by atoms with van der Waals surface area (Å²) in [5, 5.41) is 9.59. The maximum atomic E-state index is 12.3. The SMILES string of the molecule is CCN(C(=O)CCc1ccco1)c1cc(O)ccc1C. The van der Waals surface area contributed by atoms with Crippen LogP contribution in [0.4, 0.5) is 5.69 Å². The Morgan fingerprint density at radius 1 is 1.35 bits per heavy atom. The van der Waals surface area contributed by atoms with Gasteiger partial charge in [0.05, 0.1) is 12.0 Å². The van der Waals surface area contributed by atoms with Gasteiger partial charge in [0.15, 0.2) is 0 Å². The molecular weight excluding hydrogens is 254 g/mol. The highest BCUT2D eigenvalue weighted by Crippen LogP contribution is 2.25. The van der Waals surface area contributed by atoms with Crippen molar-refractivity contribution in [2.75, 3.05) is 11.4 Å². The number of phenols is 1. The molecule has 0 bridgehead atoms. The standard InChI is InChI=1S/C16H19NO3/c1-3-17(15-11-13(18)7-6-12(15)2)16(19)9-8-14-5-4-10-20-14/h4-7,10-11,18H,3,8-9H2,1-2H3. The quantitative estimate of drug-likeness (QED) is 0.909. The van der Waals surface area contributed by atoms with Crippen molar-refractivity contribution < 1.29 is 14.3 Å². The van der Waals surface area contributed by atoms with Gasteiger partial charge in [-0.3, -0.25) is 4.79 Å². The largest absolute Gasteiger partial charge is 0.508 e. The van der Waals surface area contributed by atoms with Crippen molar-refractivity contribution in [3.05, 3.63) is 47.9 Å². The number of carbonyl (C=O) groups is 1. The van der Waals surface area contributed by atoms with Crippen LogP contribution in [-0.2, 0) is 11.2 Å². The van der Waals surface area contributed by atoms with Gasteiger partial charge in [0.2, 0.25) is 5.91 Å². The number of furan rings is 1. The number of hydrogen-bond donors (Lipinski definition) is 1. The lowest BCUT2D eigenvalue weighted by molar-refractivity contribution is -0.118. The molecule has 0 aliphatic rings. The monoisotopic (exact) mass is 273 g/mol. The summed E-state index contributed by atoms with van der Waals surface area (Å²) in [6.07, 6.45) is 2.58. The molecule has 1 N–H and O–H groups in total. The zero-order valence-corrected chi connectivity index (χ0v) is 11.8. The first-order valence-electron chi connectivity index (χ1n) is 6.74. The lowest BCUT2D eigenvalue weighted by Gasteiger charge is -2.23. The topological polar surface area (TPSA) is 53.7 Å². The van der Waals surface area contributed by atoms with Gasteiger partial charge in [-0.1, -0.05) is 6.07 Å². The number of rotatable bonds is 5. The Kier molecular flexibility index (Phi) is 4.45. The first-order chi connectivity index (χ1) is 9.61. The van der Waals surface area contributed by atoms with E-state index in [0.29, 0.717) is 19.4 Å². The number of carbonyl (C=O) groups excluding carboxylic acids is 1. The number of hydrogen-bond acceptors (Lipinski definition) is 3. The van der Waals surface area contributed by atoms with E-state index in [4.69, 9.17) is 4.42 Å². The van der Waals surface area contributed by atoms with Crippen molar-refractivity contribution >= 4 is 11.6 Å². The van der Waals surface area contributed by atoms with Crippen molar-refractivity contribution in [3.63, 3.8) is 0 Å². The Hall–Kier alpha value is -2.23. The minimum atomic E-state index is 0.0256. The minimum absolute atomic E-state index is 0.0256. The van der Waals surface area contributed by atoms with Gasteiger partial charge in [0, 0.05) is 25.5 Å². The van der Waals surface area contributed by atoms with Gasteiger partial charge in [0.25, 0.3) is 0 Å². The van der Waals surface area contributed by atoms with Crippen molar-refractivity contribution in [3.8, 4) is 5.75 Å². The number of anilines is 1. The third-order valence-corrected chi connectivity index (χ3v) is 3.27. The first kappa shape index (κ1) is 14.2. The highest BCUT2D eigenvalue weighted by atomic mass is 16.3. The molecule has 0 aliphatic heterocycles. The molecule has 0 radical (unpaired) electrons. The van der Waals surface area contributed by atoms with E-state index in [1.54, 1.807) is 23.3 Å². The molecule has 0 fully saturated rings. The van der Waals surface area contributed by atoms with E-state index in [9.17, 15) is 9.90 Å². The van der Waals surface area contributed by atoms with Gasteiger partial charge in [-0.25, -0.2) is 0 Å². The molecule has 2 aromatic rings. The third kappa shape index (κ3) is 3.20. The predicted molar refractivity (Wildman–Crippen MR) is 77.9 cm³/mol. The molecule has 1 amide bonds. The molecule has 0 spiro atoms. The zero-order chi connectivity index (χ0) is 14.5. The molecular formula is C16H19NO3. The van der Waals surface area contributed by atoms with Crippen LogP contribution < -0.4 is 4.90 Å². The second kappa shape index (κ2) is 6.28. The number of nitrogens with zero attached hydrogens (tertiary/aromatic N) is 1. The Morgan fingerprint density at radius 2 is 2.15 bits per heavy atom. The fourth-order valence-corrected chi connectivity index (χ4v) is 2.19. The third-order valence-electron chi connectivity index (χ3n) is 3.27. The fraction of sp³-hybridized carbons (Fsp3) is 0.312. The summed E-state index contributed by atoms with van der Waals surface area (Å²) in [5.74, 6) is 1.00. The van der Waals surface area contributed by atoms with Crippen LogP contribution in [0, 0.1) is 6.92 Å². The average molecular weight is 273 g/mol. The Labute approximate surface area is 118 Å². The highest BCUT2D eigenvalue weighted by molar-refractivity contribution is 5.94. The van der Waals surface area contributed by atoms with E-state index >= 15 is 0 Å². The maximum Gasteiger partial charge on any atom is 0.227 e. The van der Waals surface area contributed by atoms with Crippen molar-refractivity contribution in [2.24, 2.45) is 0 Å². The van der Waals surface area contributed by atoms with E-state index in [2.05, 4.69) is 0 Å². The second-order valence-corrected chi connectivity index (χ2v) is 4.69. The number of benzene rings is 1. The van der Waals surface area contributed by atoms with Crippen molar-refractivity contribution in [1.29, 1.82) is 0 Å². The predicted octanol–water partition coefficient (Wildman–Crippen LogP) is 3.28. The van der Waals surface area contributed by atoms with Crippen LogP contribution in [-0.4, -0.2) is 17.6 Å². The van der Waals surface area contributed by atoms with Gasteiger partial charge >= 0.3 is 0 Å². The van der Waals surface area contributed by atoms with E-state index in [1.807, 2.05) is 32.0 Å². The second-order valence-electron chi connectivity index (χ2n) is 4.69. The number of aromatic hydroxyl groups is 1. The van der Waals surface area contributed by atoms with Crippen molar-refractivity contribution in [2.45, 2.75) is 26.7 Å². The maximum absolute atomic E-state index is 12.3. The normalized spacial score (nSPS) is 10.5. The van der Waals surface area contributed by atoms with E-state index in [-0.39, 0.29) is 11.7 Å². The Bertz CT molecular complexity index is 575. The molecule has 20 heavy (non-hydrogen) atoms. The molecule has 0 aliphatic carbocycles. The molecule has 4 heteroatoms. The van der Waals surface area contributed by atoms with E-state index < -0.39 is 0 Å². The number of aryl methyl sites for hydroxylation is 2. The summed E-state index contributed by atoms with van der Waals surface area (Å²) in [4.78, 5) is 14.0. The summed E-state index contributed by atoms with van der Waals surface area (Å²) in [5.41, 5.74) is 1.73. The summed E-state index contributed by atoms with van der Waals surface area (Å²) in [6.45, 7) is 4.42. The lowest BCUT2D eigenvalue weighted by atomic mass is 10.1. The van der Waals surface area contributed by atoms with Crippen LogP contribution in [0.3, 0.4) is 0 Å². The summed E-state index contributed by atoms with van der Waals surface area (Å²) >= 11 is 0. The zero-order valence-electron chi connectivity index (χ0n) is 11.8. The van der Waals surface area contributed by atoms with Gasteiger partial charge in [-0.2, -0.15) is 0 Å². The van der Waals surface area contributed by atoms with Crippen LogP contribution in [0.15, 0.2) is 41.0 Å². The van der Waals surface area contributed by atoms with E-state index in [0.717, 1.165) is 17.0 Å². The molecule has 0 unspecified atom stereocenters. The Morgan fingerprint density at radius 3 is 2.80 bits per heavy atom. The van der Waals surface area contributed by atoms with Crippen LogP contribution >= 0.6 is 0 Å². The summed E-state index contributed by atoms with van der Waals surface area (Å²) in [7, 11) is 0.